The van der Waals surface area contributed by atoms with E-state index in [0.717, 1.165) is 0 Å². The molecule has 12 heavy (non-hydrogen) atoms. The topological polar surface area (TPSA) is 50.2 Å². The normalized spacial score (nSPS) is 9.83. The molecule has 0 aliphatic rings. The van der Waals surface area contributed by atoms with Gasteiger partial charge in [-0.3, -0.25) is 9.78 Å². The molecule has 0 aliphatic heterocycles. The summed E-state index contributed by atoms with van der Waals surface area (Å²) in [5, 5.41) is 9.36. The van der Waals surface area contributed by atoms with Crippen LogP contribution in [-0.2, 0) is 5.88 Å². The van der Waals surface area contributed by atoms with E-state index in [0.29, 0.717) is 17.5 Å². The highest BCUT2D eigenvalue weighted by Gasteiger charge is 2.09. The number of hydrogen-bond acceptors (Lipinski definition) is 3. The summed E-state index contributed by atoms with van der Waals surface area (Å²) in [6, 6.07) is 0. The lowest BCUT2D eigenvalue weighted by molar-refractivity contribution is 0.112. The van der Waals surface area contributed by atoms with Crippen molar-refractivity contribution in [2.75, 3.05) is 0 Å². The van der Waals surface area contributed by atoms with Crippen LogP contribution in [0, 0.1) is 6.92 Å². The van der Waals surface area contributed by atoms with Gasteiger partial charge in [0.05, 0.1) is 11.3 Å². The highest BCUT2D eigenvalue weighted by molar-refractivity contribution is 6.17. The van der Waals surface area contributed by atoms with Crippen molar-refractivity contribution < 1.29 is 9.90 Å². The number of hydrogen-bond donors (Lipinski definition) is 1. The van der Waals surface area contributed by atoms with Crippen LogP contribution in [0.15, 0.2) is 6.20 Å². The Hall–Kier alpha value is -1.09. The predicted octanol–water partition coefficient (Wildman–Crippen LogP) is 1.65. The van der Waals surface area contributed by atoms with E-state index in [1.165, 1.54) is 6.20 Å². The minimum absolute atomic E-state index is 0.0804. The van der Waals surface area contributed by atoms with E-state index in [-0.39, 0.29) is 17.2 Å². The number of aldehydes is 1. The second kappa shape index (κ2) is 3.54. The van der Waals surface area contributed by atoms with Crippen molar-refractivity contribution in [1.29, 1.82) is 0 Å². The minimum atomic E-state index is -0.0804. The molecule has 0 aliphatic carbocycles. The van der Waals surface area contributed by atoms with Gasteiger partial charge in [0.15, 0.2) is 6.29 Å². The molecular formula is C8H8ClNO2. The SMILES string of the molecule is Cc1ncc(CCl)c(C=O)c1O. The first-order valence-corrected chi connectivity index (χ1v) is 3.92. The molecule has 1 N–H and O–H groups in total. The smallest absolute Gasteiger partial charge is 0.154 e. The zero-order chi connectivity index (χ0) is 9.14. The number of aromatic nitrogens is 1. The summed E-state index contributed by atoms with van der Waals surface area (Å²) >= 11 is 5.53. The van der Waals surface area contributed by atoms with E-state index in [4.69, 9.17) is 11.6 Å². The van der Waals surface area contributed by atoms with Crippen LogP contribution in [0.25, 0.3) is 0 Å². The number of carbonyl (C=O) groups excluding carboxylic acids is 1. The monoisotopic (exact) mass is 185 g/mol. The maximum absolute atomic E-state index is 10.5. The number of nitrogens with zero attached hydrogens (tertiary/aromatic N) is 1. The lowest BCUT2D eigenvalue weighted by Crippen LogP contribution is -1.94. The Labute approximate surface area is 75.0 Å². The zero-order valence-corrected chi connectivity index (χ0v) is 7.30. The van der Waals surface area contributed by atoms with Crippen LogP contribution in [-0.4, -0.2) is 16.4 Å². The van der Waals surface area contributed by atoms with Crippen LogP contribution in [0.1, 0.15) is 21.6 Å². The van der Waals surface area contributed by atoms with E-state index in [2.05, 4.69) is 4.98 Å². The number of rotatable bonds is 2. The summed E-state index contributed by atoms with van der Waals surface area (Å²) in [5.74, 6) is 0.0951. The van der Waals surface area contributed by atoms with Gasteiger partial charge in [0.2, 0.25) is 0 Å². The maximum Gasteiger partial charge on any atom is 0.154 e. The summed E-state index contributed by atoms with van der Waals surface area (Å²) in [6.45, 7) is 1.63. The summed E-state index contributed by atoms with van der Waals surface area (Å²) in [7, 11) is 0. The third-order valence-corrected chi connectivity index (χ3v) is 1.91. The van der Waals surface area contributed by atoms with Crippen LogP contribution < -0.4 is 0 Å². The van der Waals surface area contributed by atoms with Gasteiger partial charge in [0.1, 0.15) is 5.75 Å². The fourth-order valence-corrected chi connectivity index (χ4v) is 1.10. The standard InChI is InChI=1S/C8H8ClNO2/c1-5-8(12)7(4-11)6(2-9)3-10-5/h3-4,12H,2H2,1H3. The largest absolute Gasteiger partial charge is 0.505 e. The molecule has 64 valence electrons. The van der Waals surface area contributed by atoms with Crippen LogP contribution in [0.5, 0.6) is 5.75 Å². The van der Waals surface area contributed by atoms with Crippen molar-refractivity contribution in [2.45, 2.75) is 12.8 Å². The molecule has 0 aromatic carbocycles. The molecule has 0 amide bonds. The number of aromatic hydroxyl groups is 1. The van der Waals surface area contributed by atoms with Crippen molar-refractivity contribution in [1.82, 2.24) is 4.98 Å². The molecule has 1 aromatic rings. The lowest BCUT2D eigenvalue weighted by Gasteiger charge is -2.04. The molecule has 0 radical (unpaired) electrons. The first kappa shape index (κ1) is 9.00. The molecule has 1 rings (SSSR count). The average Bonchev–Trinajstić information content (AvgIpc) is 2.09. The molecule has 3 nitrogen and oxygen atoms in total. The van der Waals surface area contributed by atoms with Crippen molar-refractivity contribution in [3.63, 3.8) is 0 Å². The second-order valence-corrected chi connectivity index (χ2v) is 2.65. The number of aryl methyl sites for hydroxylation is 1. The molecule has 0 bridgehead atoms. The molecule has 1 heterocycles. The Balaban J connectivity index is 3.35. The van der Waals surface area contributed by atoms with Gasteiger partial charge in [0, 0.05) is 12.1 Å². The van der Waals surface area contributed by atoms with Crippen molar-refractivity contribution in [3.8, 4) is 5.75 Å². The van der Waals surface area contributed by atoms with Gasteiger partial charge >= 0.3 is 0 Å². The molecule has 0 saturated heterocycles. The van der Waals surface area contributed by atoms with E-state index in [1.54, 1.807) is 6.92 Å². The number of alkyl halides is 1. The predicted molar refractivity (Wildman–Crippen MR) is 45.6 cm³/mol. The van der Waals surface area contributed by atoms with Gasteiger partial charge in [-0.25, -0.2) is 0 Å². The highest BCUT2D eigenvalue weighted by atomic mass is 35.5. The summed E-state index contributed by atoms with van der Waals surface area (Å²) < 4.78 is 0. The van der Waals surface area contributed by atoms with E-state index < -0.39 is 0 Å². The van der Waals surface area contributed by atoms with Crippen LogP contribution in [0.3, 0.4) is 0 Å². The third kappa shape index (κ3) is 1.41. The molecule has 0 atom stereocenters. The first-order valence-electron chi connectivity index (χ1n) is 3.39. The molecule has 0 spiro atoms. The highest BCUT2D eigenvalue weighted by Crippen LogP contribution is 2.22. The second-order valence-electron chi connectivity index (χ2n) is 2.38. The van der Waals surface area contributed by atoms with Crippen LogP contribution >= 0.6 is 11.6 Å². The van der Waals surface area contributed by atoms with E-state index in [9.17, 15) is 9.90 Å². The fraction of sp³-hybridized carbons (Fsp3) is 0.250. The van der Waals surface area contributed by atoms with Gasteiger partial charge in [-0.2, -0.15) is 0 Å². The number of pyridine rings is 1. The molecular weight excluding hydrogens is 178 g/mol. The summed E-state index contributed by atoms with van der Waals surface area (Å²) in [4.78, 5) is 14.4. The summed E-state index contributed by atoms with van der Waals surface area (Å²) in [6.07, 6.45) is 2.08. The van der Waals surface area contributed by atoms with E-state index in [1.807, 2.05) is 0 Å². The van der Waals surface area contributed by atoms with Gasteiger partial charge in [-0.05, 0) is 12.5 Å². The molecule has 0 fully saturated rings. The van der Waals surface area contributed by atoms with Crippen LogP contribution in [0.2, 0.25) is 0 Å². The Morgan fingerprint density at radius 1 is 1.75 bits per heavy atom. The minimum Gasteiger partial charge on any atom is -0.505 e. The first-order chi connectivity index (χ1) is 5.70. The Morgan fingerprint density at radius 3 is 2.92 bits per heavy atom. The average molecular weight is 186 g/mol. The van der Waals surface area contributed by atoms with E-state index >= 15 is 0 Å². The number of halogens is 1. The Kier molecular flexibility index (Phi) is 2.65. The zero-order valence-electron chi connectivity index (χ0n) is 6.54. The Morgan fingerprint density at radius 2 is 2.42 bits per heavy atom. The maximum atomic E-state index is 10.5. The van der Waals surface area contributed by atoms with Gasteiger partial charge in [-0.15, -0.1) is 11.6 Å². The molecule has 1 aromatic heterocycles. The fourth-order valence-electron chi connectivity index (χ4n) is 0.890. The third-order valence-electron chi connectivity index (χ3n) is 1.62. The van der Waals surface area contributed by atoms with Crippen molar-refractivity contribution in [3.05, 3.63) is 23.0 Å². The molecule has 4 heteroatoms. The molecule has 0 unspecified atom stereocenters. The quantitative estimate of drug-likeness (QED) is 0.563. The van der Waals surface area contributed by atoms with Crippen molar-refractivity contribution in [2.24, 2.45) is 0 Å². The van der Waals surface area contributed by atoms with Crippen molar-refractivity contribution >= 4 is 17.9 Å². The lowest BCUT2D eigenvalue weighted by atomic mass is 10.1. The van der Waals surface area contributed by atoms with Gasteiger partial charge in [-0.1, -0.05) is 0 Å². The Bertz CT molecular complexity index is 312. The van der Waals surface area contributed by atoms with Gasteiger partial charge in [0.25, 0.3) is 0 Å². The summed E-state index contributed by atoms with van der Waals surface area (Å²) in [5.41, 5.74) is 1.22. The van der Waals surface area contributed by atoms with Crippen LogP contribution in [0.4, 0.5) is 0 Å². The van der Waals surface area contributed by atoms with Gasteiger partial charge < -0.3 is 5.11 Å². The molecule has 0 saturated carbocycles. The number of carbonyl (C=O) groups is 1.